The molecule has 0 aliphatic heterocycles. The van der Waals surface area contributed by atoms with E-state index in [0.717, 1.165) is 24.8 Å². The summed E-state index contributed by atoms with van der Waals surface area (Å²) < 4.78 is 21.8. The minimum absolute atomic E-state index is 0.442. The van der Waals surface area contributed by atoms with Crippen LogP contribution in [0.4, 0.5) is 0 Å². The fourth-order valence-corrected chi connectivity index (χ4v) is 2.64. The molecule has 0 aromatic heterocycles. The molecule has 0 fully saturated rings. The molecule has 0 amide bonds. The van der Waals surface area contributed by atoms with Crippen LogP contribution < -0.4 is 0 Å². The van der Waals surface area contributed by atoms with Crippen LogP contribution in [-0.4, -0.2) is 8.42 Å². The van der Waals surface area contributed by atoms with Crippen molar-refractivity contribution in [3.05, 3.63) is 34.8 Å². The van der Waals surface area contributed by atoms with Gasteiger partial charge in [-0.3, -0.25) is 0 Å². The summed E-state index contributed by atoms with van der Waals surface area (Å²) in [5.41, 5.74) is 1.02. The SMILES string of the molecule is O=[SH](=O)C1=C2C=CCCC2CC=C1. The minimum Gasteiger partial charge on any atom is -0.227 e. The number of allylic oxidation sites excluding steroid dienone is 5. The van der Waals surface area contributed by atoms with Crippen LogP contribution in [0, 0.1) is 5.92 Å². The Kier molecular flexibility index (Phi) is 2.36. The second kappa shape index (κ2) is 3.50. The lowest BCUT2D eigenvalue weighted by atomic mass is 9.84. The summed E-state index contributed by atoms with van der Waals surface area (Å²) in [4.78, 5) is 0.516. The molecule has 0 N–H and O–H groups in total. The zero-order valence-electron chi connectivity index (χ0n) is 7.27. The fourth-order valence-electron chi connectivity index (χ4n) is 1.95. The molecule has 0 aromatic carbocycles. The third-order valence-electron chi connectivity index (χ3n) is 2.61. The van der Waals surface area contributed by atoms with Gasteiger partial charge >= 0.3 is 0 Å². The molecular weight excluding hydrogens is 184 g/mol. The molecule has 0 bridgehead atoms. The van der Waals surface area contributed by atoms with Crippen molar-refractivity contribution >= 4 is 10.7 Å². The van der Waals surface area contributed by atoms with Crippen LogP contribution in [0.1, 0.15) is 19.3 Å². The second-order valence-corrected chi connectivity index (χ2v) is 4.41. The lowest BCUT2D eigenvalue weighted by molar-refractivity contribution is 0.561. The number of hydrogen-bond acceptors (Lipinski definition) is 2. The van der Waals surface area contributed by atoms with Gasteiger partial charge in [0.15, 0.2) is 10.7 Å². The molecule has 1 unspecified atom stereocenters. The Morgan fingerprint density at radius 1 is 1.23 bits per heavy atom. The molecule has 1 atom stereocenters. The highest BCUT2D eigenvalue weighted by atomic mass is 32.2. The van der Waals surface area contributed by atoms with Crippen LogP contribution >= 0.6 is 0 Å². The van der Waals surface area contributed by atoms with E-state index in [1.807, 2.05) is 12.2 Å². The Hall–Kier alpha value is -0.830. The summed E-state index contributed by atoms with van der Waals surface area (Å²) in [6.45, 7) is 0. The quantitative estimate of drug-likeness (QED) is 0.649. The smallest absolute Gasteiger partial charge is 0.168 e. The highest BCUT2D eigenvalue weighted by molar-refractivity contribution is 7.77. The Labute approximate surface area is 79.6 Å². The van der Waals surface area contributed by atoms with Crippen molar-refractivity contribution in [1.29, 1.82) is 0 Å². The maximum Gasteiger partial charge on any atom is 0.168 e. The molecule has 3 heteroatoms. The zero-order valence-corrected chi connectivity index (χ0v) is 8.17. The van der Waals surface area contributed by atoms with Crippen LogP contribution in [0.15, 0.2) is 34.8 Å². The largest absolute Gasteiger partial charge is 0.227 e. The van der Waals surface area contributed by atoms with Crippen LogP contribution in [0.2, 0.25) is 0 Å². The molecule has 0 spiro atoms. The Balaban J connectivity index is 2.50. The van der Waals surface area contributed by atoms with Crippen LogP contribution in [0.3, 0.4) is 0 Å². The summed E-state index contributed by atoms with van der Waals surface area (Å²) in [6.07, 6.45) is 10.9. The first kappa shape index (κ1) is 8.75. The minimum atomic E-state index is -2.42. The van der Waals surface area contributed by atoms with Gasteiger partial charge in [-0.25, -0.2) is 8.42 Å². The van der Waals surface area contributed by atoms with Crippen molar-refractivity contribution in [3.8, 4) is 0 Å². The maximum atomic E-state index is 10.9. The molecule has 0 saturated heterocycles. The zero-order chi connectivity index (χ0) is 9.26. The molecule has 2 aliphatic carbocycles. The van der Waals surface area contributed by atoms with E-state index in [4.69, 9.17) is 0 Å². The lowest BCUT2D eigenvalue weighted by Crippen LogP contribution is -2.11. The Morgan fingerprint density at radius 3 is 2.85 bits per heavy atom. The molecule has 0 saturated carbocycles. The molecule has 2 nitrogen and oxygen atoms in total. The predicted molar refractivity (Wildman–Crippen MR) is 53.0 cm³/mol. The molecule has 2 aliphatic rings. The highest BCUT2D eigenvalue weighted by Crippen LogP contribution is 2.33. The molecular formula is C10H12O2S. The van der Waals surface area contributed by atoms with Gasteiger partial charge in [0.05, 0.1) is 4.91 Å². The third kappa shape index (κ3) is 1.61. The van der Waals surface area contributed by atoms with Crippen molar-refractivity contribution in [1.82, 2.24) is 0 Å². The Bertz CT molecular complexity index is 364. The van der Waals surface area contributed by atoms with Crippen LogP contribution in [0.25, 0.3) is 0 Å². The standard InChI is InChI=1S/C10H12O2S/c11-13(12)10-7-3-5-8-4-1-2-6-9(8)10/h2-3,6-8,13H,1,4-5H2. The normalized spacial score (nSPS) is 26.7. The van der Waals surface area contributed by atoms with E-state index in [-0.39, 0.29) is 0 Å². The van der Waals surface area contributed by atoms with Gasteiger partial charge in [0, 0.05) is 0 Å². The first-order valence-electron chi connectivity index (χ1n) is 4.50. The van der Waals surface area contributed by atoms with E-state index in [1.165, 1.54) is 0 Å². The molecule has 0 aromatic rings. The van der Waals surface area contributed by atoms with Crippen molar-refractivity contribution in [2.75, 3.05) is 0 Å². The van der Waals surface area contributed by atoms with E-state index in [1.54, 1.807) is 6.08 Å². The second-order valence-electron chi connectivity index (χ2n) is 3.41. The van der Waals surface area contributed by atoms with E-state index < -0.39 is 10.7 Å². The number of thiol groups is 1. The fraction of sp³-hybridized carbons (Fsp3) is 0.400. The average Bonchev–Trinajstić information content (AvgIpc) is 2.17. The van der Waals surface area contributed by atoms with Gasteiger partial charge in [-0.05, 0) is 36.8 Å². The van der Waals surface area contributed by atoms with Gasteiger partial charge in [0.2, 0.25) is 0 Å². The van der Waals surface area contributed by atoms with Gasteiger partial charge in [-0.1, -0.05) is 18.2 Å². The van der Waals surface area contributed by atoms with Gasteiger partial charge in [-0.15, -0.1) is 0 Å². The van der Waals surface area contributed by atoms with Crippen molar-refractivity contribution < 1.29 is 8.42 Å². The van der Waals surface area contributed by atoms with Crippen LogP contribution in [0.5, 0.6) is 0 Å². The third-order valence-corrected chi connectivity index (χ3v) is 3.41. The summed E-state index contributed by atoms with van der Waals surface area (Å²) in [5, 5.41) is 0. The van der Waals surface area contributed by atoms with Crippen molar-refractivity contribution in [2.24, 2.45) is 5.92 Å². The molecule has 0 radical (unpaired) electrons. The maximum absolute atomic E-state index is 10.9. The van der Waals surface area contributed by atoms with Crippen LogP contribution in [-0.2, 0) is 10.7 Å². The monoisotopic (exact) mass is 196 g/mol. The topological polar surface area (TPSA) is 34.1 Å². The van der Waals surface area contributed by atoms with E-state index in [0.29, 0.717) is 10.8 Å². The first-order valence-corrected chi connectivity index (χ1v) is 5.68. The summed E-state index contributed by atoms with van der Waals surface area (Å²) in [7, 11) is -2.42. The lowest BCUT2D eigenvalue weighted by Gasteiger charge is -2.23. The molecule has 2 rings (SSSR count). The average molecular weight is 196 g/mol. The first-order chi connectivity index (χ1) is 6.29. The number of hydrogen-bond donors (Lipinski definition) is 1. The van der Waals surface area contributed by atoms with Gasteiger partial charge in [0.1, 0.15) is 0 Å². The predicted octanol–water partition coefficient (Wildman–Crippen LogP) is 1.78. The van der Waals surface area contributed by atoms with Crippen molar-refractivity contribution in [2.45, 2.75) is 19.3 Å². The van der Waals surface area contributed by atoms with E-state index >= 15 is 0 Å². The number of fused-ring (bicyclic) bond motifs is 1. The molecule has 13 heavy (non-hydrogen) atoms. The summed E-state index contributed by atoms with van der Waals surface area (Å²) in [6, 6.07) is 0. The van der Waals surface area contributed by atoms with Gasteiger partial charge in [-0.2, -0.15) is 0 Å². The molecule has 0 heterocycles. The Morgan fingerprint density at radius 2 is 2.08 bits per heavy atom. The van der Waals surface area contributed by atoms with Gasteiger partial charge in [0.25, 0.3) is 0 Å². The summed E-state index contributed by atoms with van der Waals surface area (Å²) in [5.74, 6) is 0.442. The summed E-state index contributed by atoms with van der Waals surface area (Å²) >= 11 is 0. The molecule has 70 valence electrons. The van der Waals surface area contributed by atoms with E-state index in [2.05, 4.69) is 6.08 Å². The van der Waals surface area contributed by atoms with Gasteiger partial charge < -0.3 is 0 Å². The van der Waals surface area contributed by atoms with E-state index in [9.17, 15) is 8.42 Å². The van der Waals surface area contributed by atoms with Crippen molar-refractivity contribution in [3.63, 3.8) is 0 Å². The number of rotatable bonds is 1. The highest BCUT2D eigenvalue weighted by Gasteiger charge is 2.20.